The molecule has 226 valence electrons. The molecule has 4 rings (SSSR count). The van der Waals surface area contributed by atoms with Crippen LogP contribution in [0.2, 0.25) is 0 Å². The molecule has 3 aromatic carbocycles. The van der Waals surface area contributed by atoms with Gasteiger partial charge in [0.15, 0.2) is 0 Å². The Bertz CT molecular complexity index is 1590. The fourth-order valence-electron chi connectivity index (χ4n) is 5.65. The third kappa shape index (κ3) is 8.28. The lowest BCUT2D eigenvalue weighted by molar-refractivity contribution is -0.138. The quantitative estimate of drug-likeness (QED) is 0.110. The Balaban J connectivity index is 1.37. The smallest absolute Gasteiger partial charge is 0.323 e. The van der Waals surface area contributed by atoms with Gasteiger partial charge in [0.1, 0.15) is 18.0 Å². The van der Waals surface area contributed by atoms with Crippen LogP contribution >= 0.6 is 0 Å². The summed E-state index contributed by atoms with van der Waals surface area (Å²) in [6.07, 6.45) is 6.95. The van der Waals surface area contributed by atoms with Gasteiger partial charge in [-0.15, -0.1) is 0 Å². The van der Waals surface area contributed by atoms with E-state index >= 15 is 0 Å². The average molecular weight is 584 g/mol. The van der Waals surface area contributed by atoms with Crippen molar-refractivity contribution < 1.29 is 29.3 Å². The van der Waals surface area contributed by atoms with Crippen molar-refractivity contribution in [1.29, 1.82) is 0 Å². The topological polar surface area (TPSA) is 98.0 Å². The number of hydrogen-bond acceptors (Lipinski definition) is 4. The van der Waals surface area contributed by atoms with Gasteiger partial charge < -0.3 is 24.3 Å². The summed E-state index contributed by atoms with van der Waals surface area (Å²) < 4.78 is 13.8. The molecule has 0 unspecified atom stereocenters. The zero-order valence-corrected chi connectivity index (χ0v) is 25.5. The molecule has 4 aromatic rings. The Hall–Kier alpha value is -4.52. The van der Waals surface area contributed by atoms with E-state index in [9.17, 15) is 14.7 Å². The van der Waals surface area contributed by atoms with Crippen LogP contribution in [0.1, 0.15) is 64.8 Å². The van der Waals surface area contributed by atoms with Gasteiger partial charge in [-0.25, -0.2) is 0 Å². The van der Waals surface area contributed by atoms with Crippen LogP contribution in [-0.2, 0) is 22.6 Å². The van der Waals surface area contributed by atoms with E-state index in [4.69, 9.17) is 14.6 Å². The summed E-state index contributed by atoms with van der Waals surface area (Å²) in [7, 11) is 0. The largest absolute Gasteiger partial charge is 0.494 e. The zero-order chi connectivity index (χ0) is 30.9. The number of ether oxygens (including phenoxy) is 2. The molecular weight excluding hydrogens is 542 g/mol. The molecule has 0 amide bonds. The summed E-state index contributed by atoms with van der Waals surface area (Å²) in [5.41, 5.74) is 8.19. The molecule has 0 saturated heterocycles. The summed E-state index contributed by atoms with van der Waals surface area (Å²) in [5, 5.41) is 19.6. The minimum Gasteiger partial charge on any atom is -0.494 e. The number of aryl methyl sites for hydroxylation is 4. The van der Waals surface area contributed by atoms with E-state index in [2.05, 4.69) is 32.9 Å². The molecule has 0 aliphatic heterocycles. The Labute approximate surface area is 253 Å². The van der Waals surface area contributed by atoms with Gasteiger partial charge in [0, 0.05) is 17.5 Å². The number of hydrogen-bond donors (Lipinski definition) is 2. The fraction of sp³-hybridized carbons (Fsp3) is 0.333. The zero-order valence-electron chi connectivity index (χ0n) is 25.5. The maximum atomic E-state index is 11.7. The maximum Gasteiger partial charge on any atom is 0.323 e. The van der Waals surface area contributed by atoms with Gasteiger partial charge in [0.2, 0.25) is 0 Å². The maximum absolute atomic E-state index is 11.7. The summed E-state index contributed by atoms with van der Waals surface area (Å²) in [6.45, 7) is 9.28. The van der Waals surface area contributed by atoms with Crippen molar-refractivity contribution >= 4 is 35.0 Å². The van der Waals surface area contributed by atoms with Crippen molar-refractivity contribution in [3.8, 4) is 11.5 Å². The van der Waals surface area contributed by atoms with Crippen molar-refractivity contribution in [2.24, 2.45) is 0 Å². The SMILES string of the molecule is Cc1cc(C)c(OCCCCOc2ccc(/C=C/c3cccc4c(CCCC(=O)O)c(C)n(CC(=O)O)c34)cc2)c(C)c1. The molecule has 0 aliphatic carbocycles. The van der Waals surface area contributed by atoms with E-state index in [1.54, 1.807) is 0 Å². The Morgan fingerprint density at radius 1 is 0.814 bits per heavy atom. The molecule has 0 spiro atoms. The van der Waals surface area contributed by atoms with Gasteiger partial charge in [-0.3, -0.25) is 9.59 Å². The summed E-state index contributed by atoms with van der Waals surface area (Å²) >= 11 is 0. The van der Waals surface area contributed by atoms with Gasteiger partial charge in [-0.2, -0.15) is 0 Å². The molecule has 0 radical (unpaired) electrons. The first kappa shape index (κ1) is 31.4. The second kappa shape index (κ2) is 14.6. The normalized spacial score (nSPS) is 11.3. The van der Waals surface area contributed by atoms with E-state index in [-0.39, 0.29) is 13.0 Å². The molecule has 2 N–H and O–H groups in total. The number of para-hydroxylation sites is 1. The predicted octanol–water partition coefficient (Wildman–Crippen LogP) is 7.78. The number of unbranched alkanes of at least 4 members (excludes halogenated alkanes) is 1. The average Bonchev–Trinajstić information content (AvgIpc) is 3.21. The van der Waals surface area contributed by atoms with Crippen molar-refractivity contribution in [2.75, 3.05) is 13.2 Å². The van der Waals surface area contributed by atoms with E-state index in [1.807, 2.05) is 66.1 Å². The van der Waals surface area contributed by atoms with Crippen LogP contribution in [0.4, 0.5) is 0 Å². The molecule has 0 saturated carbocycles. The van der Waals surface area contributed by atoms with Crippen molar-refractivity contribution in [3.63, 3.8) is 0 Å². The van der Waals surface area contributed by atoms with Gasteiger partial charge in [-0.05, 0) is 93.3 Å². The lowest BCUT2D eigenvalue weighted by Crippen LogP contribution is -2.10. The number of carboxylic acid groups (broad SMARTS) is 2. The van der Waals surface area contributed by atoms with Crippen LogP contribution in [0.5, 0.6) is 11.5 Å². The van der Waals surface area contributed by atoms with Crippen LogP contribution in [0.25, 0.3) is 23.1 Å². The summed E-state index contributed by atoms with van der Waals surface area (Å²) in [4.78, 5) is 22.7. The number of benzene rings is 3. The second-order valence-corrected chi connectivity index (χ2v) is 11.1. The molecule has 7 nitrogen and oxygen atoms in total. The minimum absolute atomic E-state index is 0.0756. The predicted molar refractivity (Wildman–Crippen MR) is 171 cm³/mol. The van der Waals surface area contributed by atoms with Gasteiger partial charge in [-0.1, -0.05) is 60.2 Å². The minimum atomic E-state index is -0.921. The van der Waals surface area contributed by atoms with Crippen LogP contribution in [0.3, 0.4) is 0 Å². The highest BCUT2D eigenvalue weighted by Gasteiger charge is 2.18. The van der Waals surface area contributed by atoms with Crippen molar-refractivity contribution in [3.05, 3.63) is 93.7 Å². The molecule has 0 bridgehead atoms. The molecule has 43 heavy (non-hydrogen) atoms. The van der Waals surface area contributed by atoms with Gasteiger partial charge >= 0.3 is 11.9 Å². The molecule has 1 aromatic heterocycles. The molecule has 0 atom stereocenters. The second-order valence-electron chi connectivity index (χ2n) is 11.1. The highest BCUT2D eigenvalue weighted by Crippen LogP contribution is 2.31. The van der Waals surface area contributed by atoms with Gasteiger partial charge in [0.05, 0.1) is 18.7 Å². The van der Waals surface area contributed by atoms with E-state index in [0.29, 0.717) is 26.1 Å². The first-order valence-electron chi connectivity index (χ1n) is 14.8. The molecular formula is C36H41NO6. The van der Waals surface area contributed by atoms with Crippen LogP contribution in [-0.4, -0.2) is 39.9 Å². The first-order valence-corrected chi connectivity index (χ1v) is 14.8. The lowest BCUT2D eigenvalue weighted by atomic mass is 10.0. The molecule has 0 aliphatic rings. The van der Waals surface area contributed by atoms with Gasteiger partial charge in [0.25, 0.3) is 0 Å². The number of nitrogens with zero attached hydrogens (tertiary/aromatic N) is 1. The van der Waals surface area contributed by atoms with E-state index in [1.165, 1.54) is 16.7 Å². The van der Waals surface area contributed by atoms with Crippen LogP contribution in [0, 0.1) is 27.7 Å². The van der Waals surface area contributed by atoms with E-state index in [0.717, 1.165) is 57.6 Å². The number of aromatic nitrogens is 1. The van der Waals surface area contributed by atoms with Crippen LogP contribution < -0.4 is 9.47 Å². The van der Waals surface area contributed by atoms with E-state index < -0.39 is 11.9 Å². The van der Waals surface area contributed by atoms with Crippen molar-refractivity contribution in [1.82, 2.24) is 4.57 Å². The Kier molecular flexibility index (Phi) is 10.7. The summed E-state index contributed by atoms with van der Waals surface area (Å²) in [6, 6.07) is 18.1. The monoisotopic (exact) mass is 583 g/mol. The lowest BCUT2D eigenvalue weighted by Gasteiger charge is -2.13. The number of carbonyl (C=O) groups is 2. The third-order valence-corrected chi connectivity index (χ3v) is 7.61. The number of rotatable bonds is 15. The standard InChI is InChI=1S/C36H41NO6/c1-24-21-25(2)36(26(3)22-24)43-20-6-5-19-42-30-17-14-28(15-18-30)13-16-29-9-7-11-32-31(10-8-12-33(38)39)27(4)37(35(29)32)23-34(40)41/h7,9,11,13-18,21-22H,5-6,8,10,12,19-20,23H2,1-4H3,(H,38,39)(H,40,41)/b16-13+. The van der Waals surface area contributed by atoms with Crippen molar-refractivity contribution in [2.45, 2.75) is 66.3 Å². The highest BCUT2D eigenvalue weighted by molar-refractivity contribution is 5.95. The Morgan fingerprint density at radius 3 is 2.14 bits per heavy atom. The summed E-state index contributed by atoms with van der Waals surface area (Å²) in [5.74, 6) is 0.0335. The number of fused-ring (bicyclic) bond motifs is 1. The molecule has 0 fully saturated rings. The van der Waals surface area contributed by atoms with Crippen LogP contribution in [0.15, 0.2) is 54.6 Å². The molecule has 1 heterocycles. The Morgan fingerprint density at radius 2 is 1.49 bits per heavy atom. The highest BCUT2D eigenvalue weighted by atomic mass is 16.5. The first-order chi connectivity index (χ1) is 20.6. The fourth-order valence-corrected chi connectivity index (χ4v) is 5.65. The number of carboxylic acids is 2. The number of aliphatic carboxylic acids is 2. The third-order valence-electron chi connectivity index (χ3n) is 7.61. The molecule has 7 heteroatoms.